The number of hydrogen-bond donors (Lipinski definition) is 0. The van der Waals surface area contributed by atoms with Gasteiger partial charge < -0.3 is 4.74 Å². The molecule has 170 valence electrons. The number of fused-ring (bicyclic) bond motifs is 5. The van der Waals surface area contributed by atoms with E-state index in [0.717, 1.165) is 29.3 Å². The maximum absolute atomic E-state index is 13.6. The van der Waals surface area contributed by atoms with Crippen LogP contribution in [0.2, 0.25) is 5.02 Å². The number of halogens is 1. The predicted molar refractivity (Wildman–Crippen MR) is 119 cm³/mol. The van der Waals surface area contributed by atoms with E-state index in [1.807, 2.05) is 0 Å². The molecule has 3 amide bonds. The minimum absolute atomic E-state index is 0.123. The van der Waals surface area contributed by atoms with Crippen LogP contribution in [-0.4, -0.2) is 47.2 Å². The summed E-state index contributed by atoms with van der Waals surface area (Å²) in [6.07, 6.45) is 2.71. The number of hydrazine groups is 1. The summed E-state index contributed by atoms with van der Waals surface area (Å²) < 4.78 is 5.19. The number of benzene rings is 2. The number of hydrogen-bond acceptors (Lipinski definition) is 5. The van der Waals surface area contributed by atoms with Crippen LogP contribution >= 0.6 is 11.6 Å². The highest BCUT2D eigenvalue weighted by Crippen LogP contribution is 2.56. The first-order valence-electron chi connectivity index (χ1n) is 11.0. The van der Waals surface area contributed by atoms with Crippen molar-refractivity contribution in [2.24, 2.45) is 23.7 Å². The molecule has 7 nitrogen and oxygen atoms in total. The highest BCUT2D eigenvalue weighted by Gasteiger charge is 2.62. The zero-order valence-corrected chi connectivity index (χ0v) is 18.8. The average molecular weight is 467 g/mol. The number of ether oxygens (including phenoxy) is 1. The summed E-state index contributed by atoms with van der Waals surface area (Å²) >= 11 is 6.25. The van der Waals surface area contributed by atoms with Crippen molar-refractivity contribution >= 4 is 35.1 Å². The first-order valence-corrected chi connectivity index (χ1v) is 11.4. The van der Waals surface area contributed by atoms with E-state index in [-0.39, 0.29) is 22.4 Å². The lowest BCUT2D eigenvalue weighted by atomic mass is 9.81. The quantitative estimate of drug-likeness (QED) is 0.479. The molecule has 0 aromatic heterocycles. The molecule has 1 heterocycles. The maximum atomic E-state index is 13.6. The molecule has 2 saturated carbocycles. The Hall–Kier alpha value is -3.19. The van der Waals surface area contributed by atoms with Gasteiger partial charge in [-0.2, -0.15) is 5.01 Å². The molecule has 3 fully saturated rings. The van der Waals surface area contributed by atoms with Gasteiger partial charge in [0.05, 0.1) is 29.5 Å². The largest absolute Gasteiger partial charge is 0.497 e. The molecule has 2 aliphatic carbocycles. The van der Waals surface area contributed by atoms with E-state index in [1.54, 1.807) is 42.5 Å². The molecule has 8 heteroatoms. The molecule has 1 saturated heterocycles. The fraction of sp³-hybridized carbons (Fsp3) is 0.360. The third-order valence-corrected chi connectivity index (χ3v) is 7.50. The number of amides is 3. The Bertz CT molecular complexity index is 1140. The lowest BCUT2D eigenvalue weighted by molar-refractivity contribution is -0.154. The Morgan fingerprint density at radius 1 is 1.03 bits per heavy atom. The number of carbonyl (C=O) groups is 4. The number of carbonyl (C=O) groups excluding carboxylic acids is 4. The molecule has 0 N–H and O–H groups in total. The lowest BCUT2D eigenvalue weighted by Crippen LogP contribution is -2.52. The highest BCUT2D eigenvalue weighted by atomic mass is 35.5. The molecule has 3 aliphatic rings. The average Bonchev–Trinajstić information content (AvgIpc) is 3.51. The van der Waals surface area contributed by atoms with Crippen molar-refractivity contribution in [2.45, 2.75) is 19.3 Å². The van der Waals surface area contributed by atoms with Gasteiger partial charge in [-0.25, -0.2) is 5.01 Å². The lowest BCUT2D eigenvalue weighted by Gasteiger charge is -2.31. The zero-order chi connectivity index (χ0) is 23.3. The molecule has 0 spiro atoms. The van der Waals surface area contributed by atoms with E-state index >= 15 is 0 Å². The molecule has 1 aliphatic heterocycles. The fourth-order valence-electron chi connectivity index (χ4n) is 5.66. The molecule has 2 bridgehead atoms. The minimum atomic E-state index is -0.661. The second kappa shape index (κ2) is 8.30. The maximum Gasteiger partial charge on any atom is 0.274 e. The smallest absolute Gasteiger partial charge is 0.274 e. The number of ketones is 1. The van der Waals surface area contributed by atoms with Gasteiger partial charge in [-0.1, -0.05) is 35.9 Å². The Morgan fingerprint density at radius 2 is 1.70 bits per heavy atom. The molecule has 33 heavy (non-hydrogen) atoms. The zero-order valence-electron chi connectivity index (χ0n) is 18.1. The van der Waals surface area contributed by atoms with Crippen LogP contribution in [0.4, 0.5) is 0 Å². The van der Waals surface area contributed by atoms with Gasteiger partial charge >= 0.3 is 0 Å². The molecular weight excluding hydrogens is 444 g/mol. The molecule has 4 atom stereocenters. The number of nitrogens with zero attached hydrogens (tertiary/aromatic N) is 2. The van der Waals surface area contributed by atoms with Crippen LogP contribution in [0.1, 0.15) is 40.0 Å². The third kappa shape index (κ3) is 3.51. The van der Waals surface area contributed by atoms with Crippen LogP contribution in [0.5, 0.6) is 5.75 Å². The van der Waals surface area contributed by atoms with Crippen LogP contribution in [0.3, 0.4) is 0 Å². The van der Waals surface area contributed by atoms with Crippen molar-refractivity contribution in [3.63, 3.8) is 0 Å². The van der Waals surface area contributed by atoms with Gasteiger partial charge in [0, 0.05) is 5.56 Å². The van der Waals surface area contributed by atoms with Crippen LogP contribution < -0.4 is 4.74 Å². The predicted octanol–water partition coefficient (Wildman–Crippen LogP) is 3.62. The van der Waals surface area contributed by atoms with E-state index < -0.39 is 41.9 Å². The van der Waals surface area contributed by atoms with E-state index in [2.05, 4.69) is 0 Å². The highest BCUT2D eigenvalue weighted by molar-refractivity contribution is 6.34. The van der Waals surface area contributed by atoms with E-state index in [1.165, 1.54) is 13.2 Å². The fourth-order valence-corrected chi connectivity index (χ4v) is 5.88. The summed E-state index contributed by atoms with van der Waals surface area (Å²) in [6.45, 7) is -0.469. The Kier molecular flexibility index (Phi) is 5.44. The number of imide groups is 1. The van der Waals surface area contributed by atoms with Crippen LogP contribution in [0.15, 0.2) is 48.5 Å². The SMILES string of the molecule is COc1cccc(C(=O)CN(C(=O)c2ccccc2Cl)N2C(=O)[C@@H]3[C@H]4CC[C@@H](C4)[C@@H]3C2=O)c1. The third-order valence-electron chi connectivity index (χ3n) is 7.17. The topological polar surface area (TPSA) is 84.0 Å². The first kappa shape index (κ1) is 21.6. The van der Waals surface area contributed by atoms with Crippen LogP contribution in [0.25, 0.3) is 0 Å². The minimum Gasteiger partial charge on any atom is -0.497 e. The normalized spacial score (nSPS) is 25.3. The van der Waals surface area contributed by atoms with Crippen molar-refractivity contribution in [1.82, 2.24) is 10.0 Å². The molecule has 0 radical (unpaired) electrons. The number of rotatable bonds is 6. The van der Waals surface area contributed by atoms with Crippen LogP contribution in [-0.2, 0) is 9.59 Å². The second-order valence-corrected chi connectivity index (χ2v) is 9.28. The van der Waals surface area contributed by atoms with E-state index in [4.69, 9.17) is 16.3 Å². The van der Waals surface area contributed by atoms with Crippen molar-refractivity contribution in [1.29, 1.82) is 0 Å². The Morgan fingerprint density at radius 3 is 2.33 bits per heavy atom. The van der Waals surface area contributed by atoms with Crippen LogP contribution in [0, 0.1) is 23.7 Å². The molecule has 0 unspecified atom stereocenters. The van der Waals surface area contributed by atoms with Gasteiger partial charge in [0.2, 0.25) is 0 Å². The van der Waals surface area contributed by atoms with Crippen molar-refractivity contribution in [3.8, 4) is 5.75 Å². The number of methoxy groups -OCH3 is 1. The molecule has 2 aromatic rings. The first-order chi connectivity index (χ1) is 15.9. The number of Topliss-reactive ketones (excluding diaryl/α,β-unsaturated/α-hetero) is 1. The summed E-state index contributed by atoms with van der Waals surface area (Å²) in [7, 11) is 1.49. The van der Waals surface area contributed by atoms with Gasteiger partial charge in [0.25, 0.3) is 17.7 Å². The summed E-state index contributed by atoms with van der Waals surface area (Å²) in [5.41, 5.74) is 0.434. The van der Waals surface area contributed by atoms with Gasteiger partial charge in [-0.15, -0.1) is 0 Å². The summed E-state index contributed by atoms with van der Waals surface area (Å²) in [4.78, 5) is 53.5. The van der Waals surface area contributed by atoms with E-state index in [9.17, 15) is 19.2 Å². The van der Waals surface area contributed by atoms with E-state index in [0.29, 0.717) is 11.3 Å². The van der Waals surface area contributed by atoms with Crippen molar-refractivity contribution in [3.05, 3.63) is 64.7 Å². The van der Waals surface area contributed by atoms with Gasteiger partial charge in [-0.3, -0.25) is 19.2 Å². The van der Waals surface area contributed by atoms with Gasteiger partial charge in [-0.05, 0) is 55.4 Å². The molecule has 5 rings (SSSR count). The second-order valence-electron chi connectivity index (χ2n) is 8.87. The van der Waals surface area contributed by atoms with Crippen molar-refractivity contribution < 1.29 is 23.9 Å². The molecule has 2 aromatic carbocycles. The summed E-state index contributed by atoms with van der Waals surface area (Å²) in [5.74, 6) is -1.88. The standard InChI is InChI=1S/C25H23ClN2O5/c1-33-17-6-4-5-14(12-17)20(29)13-27(23(30)18-7-2-3-8-19(18)26)28-24(31)21-15-9-10-16(11-15)22(21)25(28)32/h2-8,12,15-16,21-22H,9-11,13H2,1H3/t15-,16-,21-,22+/m0/s1. The Labute approximate surface area is 196 Å². The van der Waals surface area contributed by atoms with Crippen molar-refractivity contribution in [2.75, 3.05) is 13.7 Å². The summed E-state index contributed by atoms with van der Waals surface area (Å²) in [5, 5.41) is 2.08. The Balaban J connectivity index is 1.51. The van der Waals surface area contributed by atoms with Gasteiger partial charge in [0.1, 0.15) is 12.3 Å². The van der Waals surface area contributed by atoms with Gasteiger partial charge in [0.15, 0.2) is 5.78 Å². The monoisotopic (exact) mass is 466 g/mol. The summed E-state index contributed by atoms with van der Waals surface area (Å²) in [6, 6.07) is 12.9. The molecular formula is C25H23ClN2O5.